The van der Waals surface area contributed by atoms with Gasteiger partial charge in [0.15, 0.2) is 0 Å². The Labute approximate surface area is 119 Å². The summed E-state index contributed by atoms with van der Waals surface area (Å²) in [6.07, 6.45) is 0.544. The van der Waals surface area contributed by atoms with Gasteiger partial charge < -0.3 is 15.3 Å². The summed E-state index contributed by atoms with van der Waals surface area (Å²) in [5.41, 5.74) is 0. The van der Waals surface area contributed by atoms with Crippen LogP contribution in [0, 0.1) is 11.8 Å². The molecule has 0 aromatic rings. The van der Waals surface area contributed by atoms with Crippen molar-refractivity contribution in [3.05, 3.63) is 0 Å². The highest BCUT2D eigenvalue weighted by molar-refractivity contribution is 7.99. The number of aliphatic carboxylic acids is 1. The first kappa shape index (κ1) is 16.1. The molecule has 1 aliphatic rings. The molecule has 110 valence electrons. The van der Waals surface area contributed by atoms with E-state index >= 15 is 0 Å². The molecule has 2 amide bonds. The minimum Gasteiger partial charge on any atom is -0.481 e. The number of likely N-dealkylation sites (tertiary alicyclic amines) is 1. The summed E-state index contributed by atoms with van der Waals surface area (Å²) in [4.78, 5) is 24.8. The fourth-order valence-corrected chi connectivity index (χ4v) is 3.01. The Kier molecular flexibility index (Phi) is 6.48. The molecule has 3 atom stereocenters. The van der Waals surface area contributed by atoms with Crippen molar-refractivity contribution < 1.29 is 14.7 Å². The number of rotatable bonds is 5. The Morgan fingerprint density at radius 1 is 1.53 bits per heavy atom. The SMILES string of the molecule is CCSCC(C)NC(=O)N1CCC(C(=O)O)C(C)C1. The summed E-state index contributed by atoms with van der Waals surface area (Å²) >= 11 is 1.80. The first-order valence-corrected chi connectivity index (χ1v) is 7.97. The maximum absolute atomic E-state index is 12.1. The quantitative estimate of drug-likeness (QED) is 0.810. The lowest BCUT2D eigenvalue weighted by Gasteiger charge is -2.35. The van der Waals surface area contributed by atoms with E-state index in [-0.39, 0.29) is 23.9 Å². The molecule has 0 aromatic heterocycles. The smallest absolute Gasteiger partial charge is 0.317 e. The molecular formula is C13H24N2O3S. The largest absolute Gasteiger partial charge is 0.481 e. The van der Waals surface area contributed by atoms with E-state index in [1.807, 2.05) is 13.8 Å². The average molecular weight is 288 g/mol. The van der Waals surface area contributed by atoms with Crippen LogP contribution >= 0.6 is 11.8 Å². The number of piperidine rings is 1. The van der Waals surface area contributed by atoms with Crippen LogP contribution in [0.2, 0.25) is 0 Å². The van der Waals surface area contributed by atoms with Crippen LogP contribution < -0.4 is 5.32 Å². The number of thioether (sulfide) groups is 1. The standard InChI is InChI=1S/C13H24N2O3S/c1-4-19-8-10(3)14-13(18)15-6-5-11(12(16)17)9(2)7-15/h9-11H,4-8H2,1-3H3,(H,14,18)(H,16,17). The lowest BCUT2D eigenvalue weighted by molar-refractivity contribution is -0.145. The second kappa shape index (κ2) is 7.62. The molecule has 1 saturated heterocycles. The van der Waals surface area contributed by atoms with Crippen molar-refractivity contribution >= 4 is 23.8 Å². The van der Waals surface area contributed by atoms with Crippen LogP contribution in [0.1, 0.15) is 27.2 Å². The normalized spacial score (nSPS) is 24.9. The van der Waals surface area contributed by atoms with E-state index in [1.165, 1.54) is 0 Å². The predicted molar refractivity (Wildman–Crippen MR) is 77.5 cm³/mol. The van der Waals surface area contributed by atoms with Gasteiger partial charge in [-0.15, -0.1) is 0 Å². The third kappa shape index (κ3) is 4.93. The first-order valence-electron chi connectivity index (χ1n) is 6.81. The molecule has 0 spiro atoms. The minimum absolute atomic E-state index is 0.0114. The van der Waals surface area contributed by atoms with E-state index in [0.29, 0.717) is 19.5 Å². The average Bonchev–Trinajstić information content (AvgIpc) is 2.35. The molecule has 0 bridgehead atoms. The van der Waals surface area contributed by atoms with Crippen molar-refractivity contribution in [2.24, 2.45) is 11.8 Å². The van der Waals surface area contributed by atoms with E-state index in [4.69, 9.17) is 5.11 Å². The molecule has 1 fully saturated rings. The van der Waals surface area contributed by atoms with Crippen LogP contribution in [0.5, 0.6) is 0 Å². The van der Waals surface area contributed by atoms with Crippen LogP contribution in [-0.2, 0) is 4.79 Å². The van der Waals surface area contributed by atoms with Gasteiger partial charge >= 0.3 is 12.0 Å². The summed E-state index contributed by atoms with van der Waals surface area (Å²) in [6.45, 7) is 7.04. The summed E-state index contributed by atoms with van der Waals surface area (Å²) in [6, 6.07) is 0.0739. The van der Waals surface area contributed by atoms with Crippen LogP contribution in [-0.4, -0.2) is 52.6 Å². The Morgan fingerprint density at radius 3 is 2.74 bits per heavy atom. The number of hydrogen-bond donors (Lipinski definition) is 2. The number of nitrogens with one attached hydrogen (secondary N) is 1. The summed E-state index contributed by atoms with van der Waals surface area (Å²) in [5, 5.41) is 12.0. The number of hydrogen-bond acceptors (Lipinski definition) is 3. The zero-order valence-electron chi connectivity index (χ0n) is 11.9. The molecule has 19 heavy (non-hydrogen) atoms. The predicted octanol–water partition coefficient (Wildman–Crippen LogP) is 1.88. The van der Waals surface area contributed by atoms with Crippen LogP contribution in [0.25, 0.3) is 0 Å². The molecule has 1 aliphatic heterocycles. The number of carboxylic acid groups (broad SMARTS) is 1. The van der Waals surface area contributed by atoms with Gasteiger partial charge in [0, 0.05) is 24.9 Å². The Balaban J connectivity index is 2.41. The van der Waals surface area contributed by atoms with Gasteiger partial charge in [0.25, 0.3) is 0 Å². The highest BCUT2D eigenvalue weighted by Crippen LogP contribution is 2.23. The number of carboxylic acids is 1. The van der Waals surface area contributed by atoms with Crippen molar-refractivity contribution in [3.63, 3.8) is 0 Å². The zero-order valence-corrected chi connectivity index (χ0v) is 12.7. The highest BCUT2D eigenvalue weighted by Gasteiger charge is 2.33. The van der Waals surface area contributed by atoms with Crippen LogP contribution in [0.4, 0.5) is 4.79 Å². The maximum Gasteiger partial charge on any atom is 0.317 e. The maximum atomic E-state index is 12.1. The van der Waals surface area contributed by atoms with Crippen molar-refractivity contribution in [2.45, 2.75) is 33.2 Å². The monoisotopic (exact) mass is 288 g/mol. The van der Waals surface area contributed by atoms with Crippen molar-refractivity contribution in [1.29, 1.82) is 0 Å². The van der Waals surface area contributed by atoms with Gasteiger partial charge in [-0.05, 0) is 25.0 Å². The Morgan fingerprint density at radius 2 is 2.21 bits per heavy atom. The molecule has 3 unspecified atom stereocenters. The molecule has 0 aromatic carbocycles. The Hall–Kier alpha value is -0.910. The third-order valence-electron chi connectivity index (χ3n) is 3.45. The fourth-order valence-electron chi connectivity index (χ4n) is 2.34. The third-order valence-corrected chi connectivity index (χ3v) is 4.60. The summed E-state index contributed by atoms with van der Waals surface area (Å²) in [7, 11) is 0. The topological polar surface area (TPSA) is 69.6 Å². The van der Waals surface area contributed by atoms with Crippen LogP contribution in [0.15, 0.2) is 0 Å². The van der Waals surface area contributed by atoms with Gasteiger partial charge in [-0.25, -0.2) is 4.79 Å². The number of nitrogens with zero attached hydrogens (tertiary/aromatic N) is 1. The molecule has 0 saturated carbocycles. The lowest BCUT2D eigenvalue weighted by Crippen LogP contribution is -2.51. The fraction of sp³-hybridized carbons (Fsp3) is 0.846. The van der Waals surface area contributed by atoms with Crippen molar-refractivity contribution in [2.75, 3.05) is 24.6 Å². The zero-order chi connectivity index (χ0) is 14.4. The van der Waals surface area contributed by atoms with Gasteiger partial charge in [-0.2, -0.15) is 11.8 Å². The number of carbonyl (C=O) groups excluding carboxylic acids is 1. The van der Waals surface area contributed by atoms with E-state index in [2.05, 4.69) is 12.2 Å². The second-order valence-corrected chi connectivity index (χ2v) is 6.49. The van der Waals surface area contributed by atoms with E-state index < -0.39 is 5.97 Å². The highest BCUT2D eigenvalue weighted by atomic mass is 32.2. The van der Waals surface area contributed by atoms with Gasteiger partial charge in [-0.3, -0.25) is 4.79 Å². The minimum atomic E-state index is -0.750. The van der Waals surface area contributed by atoms with Crippen molar-refractivity contribution in [1.82, 2.24) is 10.2 Å². The number of urea groups is 1. The molecule has 5 nitrogen and oxygen atoms in total. The van der Waals surface area contributed by atoms with E-state index in [9.17, 15) is 9.59 Å². The second-order valence-electron chi connectivity index (χ2n) is 5.17. The van der Waals surface area contributed by atoms with E-state index in [0.717, 1.165) is 11.5 Å². The van der Waals surface area contributed by atoms with Crippen molar-refractivity contribution in [3.8, 4) is 0 Å². The van der Waals surface area contributed by atoms with Gasteiger partial charge in [0.2, 0.25) is 0 Å². The van der Waals surface area contributed by atoms with Gasteiger partial charge in [-0.1, -0.05) is 13.8 Å². The van der Waals surface area contributed by atoms with E-state index in [1.54, 1.807) is 16.7 Å². The Bertz CT molecular complexity index is 325. The molecule has 0 aliphatic carbocycles. The molecule has 6 heteroatoms. The molecule has 1 heterocycles. The van der Waals surface area contributed by atoms with Gasteiger partial charge in [0.05, 0.1) is 5.92 Å². The molecule has 0 radical (unpaired) electrons. The first-order chi connectivity index (χ1) is 8.95. The van der Waals surface area contributed by atoms with Crippen LogP contribution in [0.3, 0.4) is 0 Å². The number of carbonyl (C=O) groups is 2. The summed E-state index contributed by atoms with van der Waals surface area (Å²) in [5.74, 6) is 0.889. The van der Waals surface area contributed by atoms with Gasteiger partial charge in [0.1, 0.15) is 0 Å². The molecular weight excluding hydrogens is 264 g/mol. The summed E-state index contributed by atoms with van der Waals surface area (Å²) < 4.78 is 0. The lowest BCUT2D eigenvalue weighted by atomic mass is 9.87. The molecule has 2 N–H and O–H groups in total. The number of amides is 2. The molecule has 1 rings (SSSR count).